The maximum atomic E-state index is 12.3. The van der Waals surface area contributed by atoms with Gasteiger partial charge in [-0.15, -0.1) is 5.10 Å². The minimum Gasteiger partial charge on any atom is -0.368 e. The molecule has 0 saturated carbocycles. The number of carbonyl (C=O) groups excluding carboxylic acids is 1. The Morgan fingerprint density at radius 1 is 1.28 bits per heavy atom. The van der Waals surface area contributed by atoms with E-state index >= 15 is 0 Å². The van der Waals surface area contributed by atoms with Crippen molar-refractivity contribution >= 4 is 29.2 Å². The van der Waals surface area contributed by atoms with Crippen LogP contribution in [-0.4, -0.2) is 30.5 Å². The van der Waals surface area contributed by atoms with E-state index in [1.807, 2.05) is 0 Å². The van der Waals surface area contributed by atoms with Crippen molar-refractivity contribution in [2.24, 2.45) is 0 Å². The zero-order valence-corrected chi connectivity index (χ0v) is 12.9. The van der Waals surface area contributed by atoms with E-state index in [1.54, 1.807) is 24.4 Å². The van der Waals surface area contributed by atoms with Crippen molar-refractivity contribution in [1.29, 1.82) is 0 Å². The minimum absolute atomic E-state index is 0.0391. The number of ketones is 1. The number of hydrogen-bond donors (Lipinski definition) is 2. The fourth-order valence-electron chi connectivity index (χ4n) is 2.09. The SMILES string of the molecule is Nc1nc(Nc2ccccn2)nn1CC(=O)c1cccc([N+](=O)[O-])c1. The maximum absolute atomic E-state index is 12.3. The molecular weight excluding hydrogens is 326 g/mol. The highest BCUT2D eigenvalue weighted by Gasteiger charge is 2.15. The summed E-state index contributed by atoms with van der Waals surface area (Å²) < 4.78 is 1.21. The van der Waals surface area contributed by atoms with Crippen LogP contribution in [0.15, 0.2) is 48.7 Å². The van der Waals surface area contributed by atoms with Gasteiger partial charge in [0.25, 0.3) is 5.69 Å². The van der Waals surface area contributed by atoms with Crippen molar-refractivity contribution < 1.29 is 9.72 Å². The van der Waals surface area contributed by atoms with Gasteiger partial charge in [-0.1, -0.05) is 18.2 Å². The number of carbonyl (C=O) groups is 1. The molecule has 0 amide bonds. The Balaban J connectivity index is 1.75. The number of nitrogens with zero attached hydrogens (tertiary/aromatic N) is 5. The Kier molecular flexibility index (Phi) is 4.33. The predicted molar refractivity (Wildman–Crippen MR) is 89.4 cm³/mol. The van der Waals surface area contributed by atoms with E-state index in [0.29, 0.717) is 5.82 Å². The van der Waals surface area contributed by atoms with Crippen molar-refractivity contribution in [2.45, 2.75) is 6.54 Å². The molecule has 25 heavy (non-hydrogen) atoms. The average Bonchev–Trinajstić information content (AvgIpc) is 2.95. The van der Waals surface area contributed by atoms with E-state index in [1.165, 1.54) is 28.9 Å². The summed E-state index contributed by atoms with van der Waals surface area (Å²) in [6.07, 6.45) is 1.61. The fourth-order valence-corrected chi connectivity index (χ4v) is 2.09. The molecule has 0 aliphatic heterocycles. The lowest BCUT2D eigenvalue weighted by atomic mass is 10.1. The largest absolute Gasteiger partial charge is 0.368 e. The molecule has 0 radical (unpaired) electrons. The highest BCUT2D eigenvalue weighted by molar-refractivity contribution is 5.96. The Hall–Kier alpha value is -3.82. The molecule has 3 rings (SSSR count). The first-order chi connectivity index (χ1) is 12.0. The molecule has 2 heterocycles. The summed E-state index contributed by atoms with van der Waals surface area (Å²) in [6.45, 7) is -0.191. The predicted octanol–water partition coefficient (Wildman–Crippen LogP) is 1.79. The molecule has 3 N–H and O–H groups in total. The van der Waals surface area contributed by atoms with Gasteiger partial charge in [0.15, 0.2) is 5.78 Å². The van der Waals surface area contributed by atoms with E-state index in [-0.39, 0.29) is 35.5 Å². The first-order valence-electron chi connectivity index (χ1n) is 7.19. The first kappa shape index (κ1) is 16.1. The minimum atomic E-state index is -0.560. The van der Waals surface area contributed by atoms with Gasteiger partial charge in [0.1, 0.15) is 12.4 Å². The number of non-ortho nitro benzene ring substituents is 1. The number of aromatic nitrogens is 4. The van der Waals surface area contributed by atoms with E-state index in [2.05, 4.69) is 20.4 Å². The van der Waals surface area contributed by atoms with Gasteiger partial charge in [-0.25, -0.2) is 9.67 Å². The quantitative estimate of drug-likeness (QED) is 0.393. The number of pyridine rings is 1. The molecule has 1 aromatic carbocycles. The Labute approximate surface area is 141 Å². The van der Waals surface area contributed by atoms with Crippen molar-refractivity contribution in [3.8, 4) is 0 Å². The molecule has 0 aliphatic carbocycles. The smallest absolute Gasteiger partial charge is 0.270 e. The van der Waals surface area contributed by atoms with Crippen LogP contribution in [0, 0.1) is 10.1 Å². The fraction of sp³-hybridized carbons (Fsp3) is 0.0667. The number of nitro groups is 1. The summed E-state index contributed by atoms with van der Waals surface area (Å²) in [7, 11) is 0. The second kappa shape index (κ2) is 6.74. The van der Waals surface area contributed by atoms with E-state index in [0.717, 1.165) is 0 Å². The third-order valence-electron chi connectivity index (χ3n) is 3.28. The summed E-state index contributed by atoms with van der Waals surface area (Å²) in [5.41, 5.74) is 5.81. The number of rotatable bonds is 6. The highest BCUT2D eigenvalue weighted by Crippen LogP contribution is 2.16. The second-order valence-electron chi connectivity index (χ2n) is 5.02. The third-order valence-corrected chi connectivity index (χ3v) is 3.28. The number of anilines is 3. The summed E-state index contributed by atoms with van der Waals surface area (Å²) in [6, 6.07) is 10.8. The van der Waals surface area contributed by atoms with Crippen molar-refractivity contribution in [3.63, 3.8) is 0 Å². The van der Waals surface area contributed by atoms with Crippen LogP contribution in [-0.2, 0) is 6.54 Å². The normalized spacial score (nSPS) is 10.4. The van der Waals surface area contributed by atoms with E-state index in [4.69, 9.17) is 5.73 Å². The molecule has 0 unspecified atom stereocenters. The first-order valence-corrected chi connectivity index (χ1v) is 7.19. The standard InChI is InChI=1S/C15H13N7O3/c16-14-19-15(18-13-6-1-2-7-17-13)20-21(14)9-12(23)10-4-3-5-11(8-10)22(24)25/h1-8H,9H2,(H3,16,17,18,19,20). The zero-order chi connectivity index (χ0) is 17.8. The number of nitrogens with two attached hydrogens (primary N) is 1. The van der Waals surface area contributed by atoms with Crippen LogP contribution in [0.2, 0.25) is 0 Å². The lowest BCUT2D eigenvalue weighted by Crippen LogP contribution is -2.14. The van der Waals surface area contributed by atoms with Crippen molar-refractivity contribution in [3.05, 3.63) is 64.3 Å². The van der Waals surface area contributed by atoms with Gasteiger partial charge in [0, 0.05) is 23.9 Å². The van der Waals surface area contributed by atoms with Crippen LogP contribution in [0.25, 0.3) is 0 Å². The van der Waals surface area contributed by atoms with Gasteiger partial charge in [-0.3, -0.25) is 14.9 Å². The molecule has 0 saturated heterocycles. The van der Waals surface area contributed by atoms with Gasteiger partial charge < -0.3 is 11.1 Å². The third kappa shape index (κ3) is 3.75. The molecule has 10 nitrogen and oxygen atoms in total. The Morgan fingerprint density at radius 2 is 2.12 bits per heavy atom. The van der Waals surface area contributed by atoms with Crippen molar-refractivity contribution in [1.82, 2.24) is 19.7 Å². The van der Waals surface area contributed by atoms with Gasteiger partial charge in [0.05, 0.1) is 4.92 Å². The molecule has 0 aliphatic rings. The van der Waals surface area contributed by atoms with E-state index in [9.17, 15) is 14.9 Å². The molecule has 10 heteroatoms. The molecule has 2 aromatic heterocycles. The number of nitrogen functional groups attached to an aromatic ring is 1. The molecule has 126 valence electrons. The zero-order valence-electron chi connectivity index (χ0n) is 12.9. The van der Waals surface area contributed by atoms with Crippen LogP contribution in [0.1, 0.15) is 10.4 Å². The topological polar surface area (TPSA) is 142 Å². The van der Waals surface area contributed by atoms with Crippen LogP contribution in [0.3, 0.4) is 0 Å². The molecule has 0 atom stereocenters. The summed E-state index contributed by atoms with van der Waals surface area (Å²) in [4.78, 5) is 30.6. The maximum Gasteiger partial charge on any atom is 0.270 e. The number of nitrogens with one attached hydrogen (secondary N) is 1. The molecule has 3 aromatic rings. The van der Waals surface area contributed by atoms with Crippen LogP contribution in [0.5, 0.6) is 0 Å². The molecule has 0 bridgehead atoms. The van der Waals surface area contributed by atoms with Crippen LogP contribution >= 0.6 is 0 Å². The highest BCUT2D eigenvalue weighted by atomic mass is 16.6. The van der Waals surface area contributed by atoms with Crippen LogP contribution in [0.4, 0.5) is 23.4 Å². The van der Waals surface area contributed by atoms with Crippen molar-refractivity contribution in [2.75, 3.05) is 11.1 Å². The average molecular weight is 339 g/mol. The monoisotopic (exact) mass is 339 g/mol. The van der Waals surface area contributed by atoms with Gasteiger partial charge >= 0.3 is 0 Å². The summed E-state index contributed by atoms with van der Waals surface area (Å²) in [5, 5.41) is 17.8. The Bertz CT molecular complexity index is 924. The lowest BCUT2D eigenvalue weighted by molar-refractivity contribution is -0.384. The number of hydrogen-bond acceptors (Lipinski definition) is 8. The summed E-state index contributed by atoms with van der Waals surface area (Å²) in [5.74, 6) is 0.398. The summed E-state index contributed by atoms with van der Waals surface area (Å²) >= 11 is 0. The van der Waals surface area contributed by atoms with Gasteiger partial charge in [-0.05, 0) is 12.1 Å². The number of Topliss-reactive ketones (excluding diaryl/α,β-unsaturated/α-hetero) is 1. The second-order valence-corrected chi connectivity index (χ2v) is 5.02. The van der Waals surface area contributed by atoms with Gasteiger partial charge in [-0.2, -0.15) is 4.98 Å². The molecule has 0 spiro atoms. The number of benzene rings is 1. The van der Waals surface area contributed by atoms with Crippen LogP contribution < -0.4 is 11.1 Å². The molecule has 0 fully saturated rings. The number of nitro benzene ring substituents is 1. The Morgan fingerprint density at radius 3 is 2.84 bits per heavy atom. The molecular formula is C15H13N7O3. The van der Waals surface area contributed by atoms with E-state index < -0.39 is 4.92 Å². The van der Waals surface area contributed by atoms with Gasteiger partial charge in [0.2, 0.25) is 11.9 Å². The lowest BCUT2D eigenvalue weighted by Gasteiger charge is -2.02.